The number of pyridine rings is 1. The standard InChI is InChI=1S/C23H26N2O4/c1-2-28-22(26)20(14-17-9-3-4-12-24-17)29-23(27)25-21-18-10-5-7-15(18)13-16-8-6-11-19(16)21/h3-4,9,12-13,20H,2,5-8,10-11,14H2,1H3,(H,25,27). The minimum absolute atomic E-state index is 0.179. The number of benzene rings is 1. The number of carbonyl (C=O) groups excluding carboxylic acids is 2. The molecule has 2 aromatic rings. The number of aromatic nitrogens is 1. The molecule has 1 aromatic heterocycles. The first kappa shape index (κ1) is 19.4. The molecule has 1 heterocycles. The summed E-state index contributed by atoms with van der Waals surface area (Å²) in [5, 5.41) is 2.97. The van der Waals surface area contributed by atoms with Crippen molar-refractivity contribution < 1.29 is 19.1 Å². The van der Waals surface area contributed by atoms with Gasteiger partial charge in [-0.15, -0.1) is 0 Å². The number of nitrogens with zero attached hydrogens (tertiary/aromatic N) is 1. The summed E-state index contributed by atoms with van der Waals surface area (Å²) in [6, 6.07) is 7.74. The lowest BCUT2D eigenvalue weighted by atomic mass is 9.99. The minimum Gasteiger partial charge on any atom is -0.463 e. The summed E-state index contributed by atoms with van der Waals surface area (Å²) in [5.74, 6) is -0.558. The van der Waals surface area contributed by atoms with Crippen molar-refractivity contribution >= 4 is 17.7 Å². The number of ether oxygens (including phenoxy) is 2. The third-order valence-electron chi connectivity index (χ3n) is 5.62. The van der Waals surface area contributed by atoms with Crippen molar-refractivity contribution in [3.8, 4) is 0 Å². The average Bonchev–Trinajstić information content (AvgIpc) is 3.37. The molecule has 0 fully saturated rings. The largest absolute Gasteiger partial charge is 0.463 e. The average molecular weight is 394 g/mol. The van der Waals surface area contributed by atoms with E-state index in [0.717, 1.165) is 44.2 Å². The van der Waals surface area contributed by atoms with Gasteiger partial charge in [0, 0.05) is 18.3 Å². The molecule has 6 heteroatoms. The number of hydrogen-bond acceptors (Lipinski definition) is 5. The van der Waals surface area contributed by atoms with Gasteiger partial charge in [0.25, 0.3) is 0 Å². The Morgan fingerprint density at radius 1 is 1.10 bits per heavy atom. The van der Waals surface area contributed by atoms with Gasteiger partial charge in [-0.3, -0.25) is 10.3 Å². The highest BCUT2D eigenvalue weighted by molar-refractivity contribution is 5.90. The van der Waals surface area contributed by atoms with Crippen molar-refractivity contribution in [2.45, 2.75) is 58.0 Å². The lowest BCUT2D eigenvalue weighted by Gasteiger charge is -2.19. The van der Waals surface area contributed by atoms with Gasteiger partial charge in [0.1, 0.15) is 0 Å². The van der Waals surface area contributed by atoms with Crippen molar-refractivity contribution in [1.29, 1.82) is 0 Å². The van der Waals surface area contributed by atoms with Crippen LogP contribution in [0, 0.1) is 0 Å². The van der Waals surface area contributed by atoms with E-state index in [4.69, 9.17) is 9.47 Å². The van der Waals surface area contributed by atoms with Gasteiger partial charge in [-0.2, -0.15) is 0 Å². The maximum atomic E-state index is 12.8. The molecule has 2 aliphatic carbocycles. The number of rotatable bonds is 6. The Hall–Kier alpha value is -2.89. The quantitative estimate of drug-likeness (QED) is 0.755. The normalized spacial score (nSPS) is 15.3. The number of anilines is 1. The fraction of sp³-hybridized carbons (Fsp3) is 0.435. The number of nitrogens with one attached hydrogen (secondary N) is 1. The van der Waals surface area contributed by atoms with Crippen molar-refractivity contribution in [1.82, 2.24) is 4.98 Å². The molecule has 0 radical (unpaired) electrons. The molecule has 1 aromatic carbocycles. The lowest BCUT2D eigenvalue weighted by molar-refractivity contribution is -0.152. The molecule has 2 aliphatic rings. The fourth-order valence-electron chi connectivity index (χ4n) is 4.35. The summed E-state index contributed by atoms with van der Waals surface area (Å²) in [6.45, 7) is 1.95. The van der Waals surface area contributed by atoms with Gasteiger partial charge in [0.05, 0.1) is 12.3 Å². The first-order chi connectivity index (χ1) is 14.2. The van der Waals surface area contributed by atoms with E-state index in [1.165, 1.54) is 22.3 Å². The van der Waals surface area contributed by atoms with Crippen LogP contribution in [0.15, 0.2) is 30.5 Å². The van der Waals surface area contributed by atoms with Gasteiger partial charge in [-0.25, -0.2) is 9.59 Å². The monoisotopic (exact) mass is 394 g/mol. The van der Waals surface area contributed by atoms with E-state index in [-0.39, 0.29) is 13.0 Å². The van der Waals surface area contributed by atoms with Crippen LogP contribution >= 0.6 is 0 Å². The number of amides is 1. The van der Waals surface area contributed by atoms with Crippen LogP contribution in [0.5, 0.6) is 0 Å². The number of aryl methyl sites for hydroxylation is 2. The summed E-state index contributed by atoms with van der Waals surface area (Å²) in [5.41, 5.74) is 6.67. The number of esters is 1. The first-order valence-corrected chi connectivity index (χ1v) is 10.4. The minimum atomic E-state index is -1.03. The maximum Gasteiger partial charge on any atom is 0.412 e. The Bertz CT molecular complexity index is 879. The molecule has 4 rings (SSSR count). The van der Waals surface area contributed by atoms with E-state index in [9.17, 15) is 9.59 Å². The van der Waals surface area contributed by atoms with E-state index < -0.39 is 18.2 Å². The molecule has 1 unspecified atom stereocenters. The number of hydrogen-bond donors (Lipinski definition) is 1. The SMILES string of the molecule is CCOC(=O)C(Cc1ccccn1)OC(=O)Nc1c2c(cc3c1CCC3)CCC2. The second-order valence-electron chi connectivity index (χ2n) is 7.53. The van der Waals surface area contributed by atoms with Gasteiger partial charge in [-0.05, 0) is 79.8 Å². The van der Waals surface area contributed by atoms with Gasteiger partial charge in [0.15, 0.2) is 0 Å². The zero-order valence-corrected chi connectivity index (χ0v) is 16.7. The second kappa shape index (κ2) is 8.64. The van der Waals surface area contributed by atoms with E-state index in [2.05, 4.69) is 16.4 Å². The van der Waals surface area contributed by atoms with Crippen LogP contribution in [0.3, 0.4) is 0 Å². The van der Waals surface area contributed by atoms with Crippen molar-refractivity contribution in [3.05, 3.63) is 58.4 Å². The third-order valence-corrected chi connectivity index (χ3v) is 5.62. The summed E-state index contributed by atoms with van der Waals surface area (Å²) in [6.07, 6.45) is 6.42. The predicted octanol–water partition coefficient (Wildman–Crippen LogP) is 3.78. The molecule has 0 saturated carbocycles. The third kappa shape index (κ3) is 4.26. The molecule has 0 aliphatic heterocycles. The van der Waals surface area contributed by atoms with Gasteiger partial charge in [0.2, 0.25) is 6.10 Å². The number of fused-ring (bicyclic) bond motifs is 2. The van der Waals surface area contributed by atoms with E-state index in [0.29, 0.717) is 5.69 Å². The van der Waals surface area contributed by atoms with Crippen LogP contribution in [0.1, 0.15) is 47.7 Å². The summed E-state index contributed by atoms with van der Waals surface area (Å²) >= 11 is 0. The Kier molecular flexibility index (Phi) is 5.79. The fourth-order valence-corrected chi connectivity index (χ4v) is 4.35. The predicted molar refractivity (Wildman–Crippen MR) is 109 cm³/mol. The molecule has 0 saturated heterocycles. The van der Waals surface area contributed by atoms with Crippen LogP contribution in [0.4, 0.5) is 10.5 Å². The topological polar surface area (TPSA) is 77.5 Å². The molecule has 6 nitrogen and oxygen atoms in total. The van der Waals surface area contributed by atoms with Gasteiger partial charge in [-0.1, -0.05) is 12.1 Å². The summed E-state index contributed by atoms with van der Waals surface area (Å²) < 4.78 is 10.6. The first-order valence-electron chi connectivity index (χ1n) is 10.4. The maximum absolute atomic E-state index is 12.8. The number of carbonyl (C=O) groups is 2. The molecule has 1 atom stereocenters. The highest BCUT2D eigenvalue weighted by atomic mass is 16.6. The molecular weight excluding hydrogens is 368 g/mol. The van der Waals surface area contributed by atoms with Crippen LogP contribution in [0.25, 0.3) is 0 Å². The molecular formula is C23H26N2O4. The Labute approximate surface area is 170 Å². The molecule has 0 bridgehead atoms. The van der Waals surface area contributed by atoms with Crippen LogP contribution in [-0.2, 0) is 46.4 Å². The molecule has 152 valence electrons. The molecule has 29 heavy (non-hydrogen) atoms. The highest BCUT2D eigenvalue weighted by Gasteiger charge is 2.28. The van der Waals surface area contributed by atoms with Gasteiger partial charge >= 0.3 is 12.1 Å². The van der Waals surface area contributed by atoms with Crippen molar-refractivity contribution in [2.24, 2.45) is 0 Å². The van der Waals surface area contributed by atoms with Crippen LogP contribution < -0.4 is 5.32 Å². The van der Waals surface area contributed by atoms with Crippen molar-refractivity contribution in [3.63, 3.8) is 0 Å². The highest BCUT2D eigenvalue weighted by Crippen LogP contribution is 2.38. The summed E-state index contributed by atoms with van der Waals surface area (Å²) in [7, 11) is 0. The van der Waals surface area contributed by atoms with Crippen LogP contribution in [-0.4, -0.2) is 29.8 Å². The molecule has 1 amide bonds. The summed E-state index contributed by atoms with van der Waals surface area (Å²) in [4.78, 5) is 29.3. The lowest BCUT2D eigenvalue weighted by Crippen LogP contribution is -2.33. The van der Waals surface area contributed by atoms with E-state index in [1.54, 1.807) is 25.3 Å². The molecule has 1 N–H and O–H groups in total. The Morgan fingerprint density at radius 3 is 2.45 bits per heavy atom. The van der Waals surface area contributed by atoms with Gasteiger partial charge < -0.3 is 9.47 Å². The van der Waals surface area contributed by atoms with Crippen molar-refractivity contribution in [2.75, 3.05) is 11.9 Å². The van der Waals surface area contributed by atoms with E-state index >= 15 is 0 Å². The molecule has 0 spiro atoms. The zero-order valence-electron chi connectivity index (χ0n) is 16.7. The Morgan fingerprint density at radius 2 is 1.83 bits per heavy atom. The van der Waals surface area contributed by atoms with Crippen LogP contribution in [0.2, 0.25) is 0 Å². The second-order valence-corrected chi connectivity index (χ2v) is 7.53. The smallest absolute Gasteiger partial charge is 0.412 e. The zero-order chi connectivity index (χ0) is 20.2. The Balaban J connectivity index is 1.52. The van der Waals surface area contributed by atoms with E-state index in [1.807, 2.05) is 6.07 Å².